The van der Waals surface area contributed by atoms with E-state index in [4.69, 9.17) is 10.5 Å². The molecule has 0 radical (unpaired) electrons. The van der Waals surface area contributed by atoms with Crippen molar-refractivity contribution in [1.29, 1.82) is 0 Å². The highest BCUT2D eigenvalue weighted by Crippen LogP contribution is 2.28. The lowest BCUT2D eigenvalue weighted by Gasteiger charge is -2.30. The summed E-state index contributed by atoms with van der Waals surface area (Å²) in [6.45, 7) is 4.71. The fourth-order valence-electron chi connectivity index (χ4n) is 3.32. The average molecular weight is 360 g/mol. The molecule has 1 aliphatic heterocycles. The summed E-state index contributed by atoms with van der Waals surface area (Å²) >= 11 is 0. The van der Waals surface area contributed by atoms with Crippen molar-refractivity contribution in [2.24, 2.45) is 17.6 Å². The van der Waals surface area contributed by atoms with Gasteiger partial charge in [-0.3, -0.25) is 14.4 Å². The standard InChI is InChI=1S/C20H28N2O4/c1-3-14(2)18(15-7-5-4-6-8-15)20(25)26-13-17(23)22-11-9-16(10-12-22)19(21)24/h4-8,14,16,18H,3,9-13H2,1-2H3,(H2,21,24)/t14-,18-/m1/s1. The zero-order valence-corrected chi connectivity index (χ0v) is 15.5. The lowest BCUT2D eigenvalue weighted by molar-refractivity contribution is -0.155. The molecule has 1 fully saturated rings. The van der Waals surface area contributed by atoms with Gasteiger partial charge in [0.2, 0.25) is 5.91 Å². The van der Waals surface area contributed by atoms with Gasteiger partial charge in [0, 0.05) is 19.0 Å². The van der Waals surface area contributed by atoms with Crippen LogP contribution in [0.15, 0.2) is 30.3 Å². The fourth-order valence-corrected chi connectivity index (χ4v) is 3.32. The van der Waals surface area contributed by atoms with Crippen LogP contribution in [0.1, 0.15) is 44.6 Å². The number of likely N-dealkylation sites (tertiary alicyclic amines) is 1. The summed E-state index contributed by atoms with van der Waals surface area (Å²) in [5.41, 5.74) is 6.21. The molecule has 0 aromatic heterocycles. The summed E-state index contributed by atoms with van der Waals surface area (Å²) in [4.78, 5) is 37.8. The SMILES string of the molecule is CC[C@@H](C)[C@@H](C(=O)OCC(=O)N1CCC(C(N)=O)CC1)c1ccccc1. The number of ether oxygens (including phenoxy) is 1. The minimum atomic E-state index is -0.380. The van der Waals surface area contributed by atoms with Crippen molar-refractivity contribution in [2.75, 3.05) is 19.7 Å². The lowest BCUT2D eigenvalue weighted by atomic mass is 9.86. The van der Waals surface area contributed by atoms with Gasteiger partial charge < -0.3 is 15.4 Å². The number of carbonyl (C=O) groups is 3. The van der Waals surface area contributed by atoms with Gasteiger partial charge in [-0.2, -0.15) is 0 Å². The van der Waals surface area contributed by atoms with E-state index in [1.165, 1.54) is 0 Å². The average Bonchev–Trinajstić information content (AvgIpc) is 2.67. The van der Waals surface area contributed by atoms with Crippen molar-refractivity contribution in [1.82, 2.24) is 4.90 Å². The molecule has 0 aliphatic carbocycles. The summed E-state index contributed by atoms with van der Waals surface area (Å²) in [6, 6.07) is 9.52. The second-order valence-corrected chi connectivity index (χ2v) is 6.94. The van der Waals surface area contributed by atoms with Crippen molar-refractivity contribution in [3.05, 3.63) is 35.9 Å². The molecule has 2 rings (SSSR count). The van der Waals surface area contributed by atoms with E-state index in [0.717, 1.165) is 12.0 Å². The van der Waals surface area contributed by atoms with Crippen LogP contribution in [0.5, 0.6) is 0 Å². The molecule has 6 nitrogen and oxygen atoms in total. The van der Waals surface area contributed by atoms with E-state index in [1.807, 2.05) is 44.2 Å². The predicted octanol–water partition coefficient (Wildman–Crippen LogP) is 2.08. The van der Waals surface area contributed by atoms with E-state index in [-0.39, 0.29) is 42.1 Å². The smallest absolute Gasteiger partial charge is 0.314 e. The van der Waals surface area contributed by atoms with Crippen LogP contribution in [0, 0.1) is 11.8 Å². The molecule has 1 aliphatic rings. The van der Waals surface area contributed by atoms with E-state index in [1.54, 1.807) is 4.90 Å². The third-order valence-corrected chi connectivity index (χ3v) is 5.21. The van der Waals surface area contributed by atoms with E-state index < -0.39 is 0 Å². The van der Waals surface area contributed by atoms with Crippen LogP contribution in [0.4, 0.5) is 0 Å². The maximum atomic E-state index is 12.6. The third-order valence-electron chi connectivity index (χ3n) is 5.21. The molecule has 142 valence electrons. The number of hydrogen-bond acceptors (Lipinski definition) is 4. The van der Waals surface area contributed by atoms with E-state index in [2.05, 4.69) is 0 Å². The number of piperidine rings is 1. The van der Waals surface area contributed by atoms with Crippen molar-refractivity contribution in [3.8, 4) is 0 Å². The predicted molar refractivity (Wildman–Crippen MR) is 98.1 cm³/mol. The number of hydrogen-bond donors (Lipinski definition) is 1. The largest absolute Gasteiger partial charge is 0.455 e. The maximum Gasteiger partial charge on any atom is 0.314 e. The van der Waals surface area contributed by atoms with Crippen LogP contribution < -0.4 is 5.73 Å². The Bertz CT molecular complexity index is 624. The first-order valence-electron chi connectivity index (χ1n) is 9.22. The van der Waals surface area contributed by atoms with Gasteiger partial charge in [-0.05, 0) is 24.3 Å². The maximum absolute atomic E-state index is 12.6. The Labute approximate surface area is 154 Å². The number of nitrogens with two attached hydrogens (primary N) is 1. The molecule has 2 amide bonds. The highest BCUT2D eigenvalue weighted by molar-refractivity contribution is 5.84. The molecule has 6 heteroatoms. The summed E-state index contributed by atoms with van der Waals surface area (Å²) in [5, 5.41) is 0. The lowest BCUT2D eigenvalue weighted by Crippen LogP contribution is -2.43. The zero-order chi connectivity index (χ0) is 19.1. The fraction of sp³-hybridized carbons (Fsp3) is 0.550. The van der Waals surface area contributed by atoms with Gasteiger partial charge >= 0.3 is 5.97 Å². The number of benzene rings is 1. The first-order chi connectivity index (χ1) is 12.4. The second-order valence-electron chi connectivity index (χ2n) is 6.94. The molecule has 0 unspecified atom stereocenters. The van der Waals surface area contributed by atoms with Gasteiger partial charge in [0.15, 0.2) is 6.61 Å². The monoisotopic (exact) mass is 360 g/mol. The van der Waals surface area contributed by atoms with Gasteiger partial charge in [-0.25, -0.2) is 0 Å². The van der Waals surface area contributed by atoms with Crippen molar-refractivity contribution in [3.63, 3.8) is 0 Å². The molecule has 2 atom stereocenters. The summed E-state index contributed by atoms with van der Waals surface area (Å²) in [6.07, 6.45) is 1.96. The van der Waals surface area contributed by atoms with Gasteiger partial charge in [-0.15, -0.1) is 0 Å². The Balaban J connectivity index is 1.91. The van der Waals surface area contributed by atoms with Crippen LogP contribution in [0.3, 0.4) is 0 Å². The van der Waals surface area contributed by atoms with Gasteiger partial charge in [-0.1, -0.05) is 50.6 Å². The quantitative estimate of drug-likeness (QED) is 0.754. The number of carbonyl (C=O) groups excluding carboxylic acids is 3. The van der Waals surface area contributed by atoms with Gasteiger partial charge in [0.1, 0.15) is 0 Å². The molecular formula is C20H28N2O4. The van der Waals surface area contributed by atoms with Crippen LogP contribution in [-0.2, 0) is 19.1 Å². The van der Waals surface area contributed by atoms with Crippen molar-refractivity contribution in [2.45, 2.75) is 39.0 Å². The van der Waals surface area contributed by atoms with Gasteiger partial charge in [0.05, 0.1) is 5.92 Å². The van der Waals surface area contributed by atoms with Crippen LogP contribution in [-0.4, -0.2) is 42.4 Å². The van der Waals surface area contributed by atoms with Crippen molar-refractivity contribution >= 4 is 17.8 Å². The number of rotatable bonds is 7. The van der Waals surface area contributed by atoms with Crippen LogP contribution in [0.25, 0.3) is 0 Å². The normalized spacial score (nSPS) is 17.4. The first kappa shape index (κ1) is 19.9. The Morgan fingerprint density at radius 3 is 2.35 bits per heavy atom. The highest BCUT2D eigenvalue weighted by Gasteiger charge is 2.30. The summed E-state index contributed by atoms with van der Waals surface area (Å²) in [7, 11) is 0. The van der Waals surface area contributed by atoms with E-state index >= 15 is 0 Å². The summed E-state index contributed by atoms with van der Waals surface area (Å²) < 4.78 is 5.35. The van der Waals surface area contributed by atoms with Crippen LogP contribution >= 0.6 is 0 Å². The summed E-state index contributed by atoms with van der Waals surface area (Å²) in [5.74, 6) is -1.35. The Morgan fingerprint density at radius 2 is 1.81 bits per heavy atom. The molecule has 2 N–H and O–H groups in total. The van der Waals surface area contributed by atoms with E-state index in [9.17, 15) is 14.4 Å². The minimum absolute atomic E-state index is 0.117. The van der Waals surface area contributed by atoms with Gasteiger partial charge in [0.25, 0.3) is 5.91 Å². The first-order valence-corrected chi connectivity index (χ1v) is 9.22. The molecule has 26 heavy (non-hydrogen) atoms. The van der Waals surface area contributed by atoms with E-state index in [0.29, 0.717) is 25.9 Å². The second kappa shape index (κ2) is 9.36. The third kappa shape index (κ3) is 5.07. The zero-order valence-electron chi connectivity index (χ0n) is 15.5. The van der Waals surface area contributed by atoms with Crippen LogP contribution in [0.2, 0.25) is 0 Å². The topological polar surface area (TPSA) is 89.7 Å². The number of nitrogens with zero attached hydrogens (tertiary/aromatic N) is 1. The number of amides is 2. The molecule has 1 heterocycles. The molecule has 0 saturated carbocycles. The molecule has 1 saturated heterocycles. The Morgan fingerprint density at radius 1 is 1.19 bits per heavy atom. The highest BCUT2D eigenvalue weighted by atomic mass is 16.5. The Hall–Kier alpha value is -2.37. The molecule has 1 aromatic carbocycles. The number of esters is 1. The van der Waals surface area contributed by atoms with Crippen molar-refractivity contribution < 1.29 is 19.1 Å². The molecule has 0 spiro atoms. The Kier molecular flexibility index (Phi) is 7.18. The molecule has 1 aromatic rings. The minimum Gasteiger partial charge on any atom is -0.455 e. The molecule has 0 bridgehead atoms. The molecular weight excluding hydrogens is 332 g/mol. The number of primary amides is 1.